The van der Waals surface area contributed by atoms with Crippen molar-refractivity contribution in [1.82, 2.24) is 0 Å². The maximum absolute atomic E-state index is 12.0. The largest absolute Gasteiger partial charge is 0.465 e. The van der Waals surface area contributed by atoms with Gasteiger partial charge in [0.15, 0.2) is 0 Å². The molecule has 0 aliphatic heterocycles. The van der Waals surface area contributed by atoms with Crippen molar-refractivity contribution in [2.45, 2.75) is 125 Å². The summed E-state index contributed by atoms with van der Waals surface area (Å²) in [6.45, 7) is 11.0. The first-order valence-electron chi connectivity index (χ1n) is 11.1. The molecule has 25 heavy (non-hydrogen) atoms. The molecule has 0 N–H and O–H groups in total. The molecule has 0 spiro atoms. The van der Waals surface area contributed by atoms with Gasteiger partial charge < -0.3 is 4.74 Å². The molecule has 0 saturated heterocycles. The molecule has 0 unspecified atom stereocenters. The molecule has 150 valence electrons. The summed E-state index contributed by atoms with van der Waals surface area (Å²) >= 11 is 0. The quantitative estimate of drug-likeness (QED) is 0.210. The molecule has 0 fully saturated rings. The van der Waals surface area contributed by atoms with Gasteiger partial charge in [0.2, 0.25) is 0 Å². The lowest BCUT2D eigenvalue weighted by atomic mass is 9.94. The third kappa shape index (κ3) is 15.4. The molecule has 0 bridgehead atoms. The Morgan fingerprint density at radius 3 is 1.52 bits per heavy atom. The first-order valence-corrected chi connectivity index (χ1v) is 11.1. The van der Waals surface area contributed by atoms with Crippen LogP contribution in [0, 0.1) is 11.3 Å². The average molecular weight is 355 g/mol. The van der Waals surface area contributed by atoms with E-state index in [-0.39, 0.29) is 11.4 Å². The topological polar surface area (TPSA) is 26.3 Å². The number of unbranched alkanes of at least 4 members (excludes halogenated alkanes) is 10. The summed E-state index contributed by atoms with van der Waals surface area (Å²) < 4.78 is 5.62. The third-order valence-electron chi connectivity index (χ3n) is 4.99. The maximum Gasteiger partial charge on any atom is 0.311 e. The molecule has 0 rings (SSSR count). The van der Waals surface area contributed by atoms with Crippen LogP contribution in [0.2, 0.25) is 0 Å². The van der Waals surface area contributed by atoms with Crippen molar-refractivity contribution in [2.75, 3.05) is 6.61 Å². The summed E-state index contributed by atoms with van der Waals surface area (Å²) in [5.41, 5.74) is -0.384. The van der Waals surface area contributed by atoms with Crippen molar-refractivity contribution < 1.29 is 9.53 Å². The Morgan fingerprint density at radius 2 is 1.12 bits per heavy atom. The summed E-state index contributed by atoms with van der Waals surface area (Å²) in [7, 11) is 0. The van der Waals surface area contributed by atoms with Gasteiger partial charge in [0.25, 0.3) is 0 Å². The van der Waals surface area contributed by atoms with E-state index in [0.717, 1.165) is 0 Å². The van der Waals surface area contributed by atoms with E-state index in [1.165, 1.54) is 89.9 Å². The van der Waals surface area contributed by atoms with Crippen LogP contribution in [0.25, 0.3) is 0 Å². The molecule has 0 saturated carbocycles. The first kappa shape index (κ1) is 24.5. The second kappa shape index (κ2) is 15.7. The molecule has 0 aromatic carbocycles. The van der Waals surface area contributed by atoms with E-state index >= 15 is 0 Å². The highest BCUT2D eigenvalue weighted by Gasteiger charge is 2.24. The summed E-state index contributed by atoms with van der Waals surface area (Å²) in [5, 5.41) is 0. The minimum atomic E-state index is -0.384. The van der Waals surface area contributed by atoms with Crippen LogP contribution in [0.3, 0.4) is 0 Å². The molecule has 0 atom stereocenters. The first-order chi connectivity index (χ1) is 11.9. The third-order valence-corrected chi connectivity index (χ3v) is 4.99. The van der Waals surface area contributed by atoms with Crippen molar-refractivity contribution in [3.63, 3.8) is 0 Å². The smallest absolute Gasteiger partial charge is 0.311 e. The monoisotopic (exact) mass is 354 g/mol. The number of carbonyl (C=O) groups is 1. The Labute approximate surface area is 158 Å². The van der Waals surface area contributed by atoms with Crippen LogP contribution in [0.15, 0.2) is 0 Å². The number of ether oxygens (including phenoxy) is 1. The van der Waals surface area contributed by atoms with Crippen LogP contribution in [-0.4, -0.2) is 12.6 Å². The zero-order valence-electron chi connectivity index (χ0n) is 18.0. The van der Waals surface area contributed by atoms with E-state index in [1.807, 2.05) is 20.8 Å². The summed E-state index contributed by atoms with van der Waals surface area (Å²) in [5.74, 6) is 0.507. The SMILES string of the molecule is CCCCCCCCC(CCCCCCCC)COC(=O)C(C)(C)C. The van der Waals surface area contributed by atoms with Gasteiger partial charge in [-0.3, -0.25) is 4.79 Å². The Kier molecular flexibility index (Phi) is 15.4. The van der Waals surface area contributed by atoms with Crippen LogP contribution in [0.5, 0.6) is 0 Å². The molecular weight excluding hydrogens is 308 g/mol. The molecule has 0 aliphatic rings. The molecule has 0 radical (unpaired) electrons. The van der Waals surface area contributed by atoms with Crippen molar-refractivity contribution in [2.24, 2.45) is 11.3 Å². The molecule has 0 aliphatic carbocycles. The van der Waals surface area contributed by atoms with Crippen LogP contribution in [0.1, 0.15) is 125 Å². The van der Waals surface area contributed by atoms with E-state index < -0.39 is 0 Å². The summed E-state index contributed by atoms with van der Waals surface area (Å²) in [4.78, 5) is 12.0. The van der Waals surface area contributed by atoms with Crippen molar-refractivity contribution in [1.29, 1.82) is 0 Å². The lowest BCUT2D eigenvalue weighted by Gasteiger charge is -2.21. The van der Waals surface area contributed by atoms with E-state index in [4.69, 9.17) is 4.74 Å². The lowest BCUT2D eigenvalue weighted by Crippen LogP contribution is -2.25. The van der Waals surface area contributed by atoms with Crippen LogP contribution < -0.4 is 0 Å². The zero-order chi connectivity index (χ0) is 19.0. The molecule has 2 heteroatoms. The molecule has 0 aromatic rings. The predicted molar refractivity (Wildman–Crippen MR) is 110 cm³/mol. The normalized spacial score (nSPS) is 11.9. The second-order valence-corrected chi connectivity index (χ2v) is 8.83. The van der Waals surface area contributed by atoms with Gasteiger partial charge >= 0.3 is 5.97 Å². The maximum atomic E-state index is 12.0. The van der Waals surface area contributed by atoms with E-state index in [2.05, 4.69) is 13.8 Å². The highest BCUT2D eigenvalue weighted by Crippen LogP contribution is 2.22. The minimum Gasteiger partial charge on any atom is -0.465 e. The van der Waals surface area contributed by atoms with Crippen LogP contribution in [0.4, 0.5) is 0 Å². The van der Waals surface area contributed by atoms with Crippen LogP contribution >= 0.6 is 0 Å². The number of carbonyl (C=O) groups excluding carboxylic acids is 1. The molecular formula is C23H46O2. The van der Waals surface area contributed by atoms with Gasteiger partial charge in [0.05, 0.1) is 12.0 Å². The van der Waals surface area contributed by atoms with Gasteiger partial charge in [0, 0.05) is 0 Å². The van der Waals surface area contributed by atoms with Crippen LogP contribution in [-0.2, 0) is 9.53 Å². The van der Waals surface area contributed by atoms with Gasteiger partial charge in [-0.25, -0.2) is 0 Å². The lowest BCUT2D eigenvalue weighted by molar-refractivity contribution is -0.154. The fourth-order valence-electron chi connectivity index (χ4n) is 3.15. The van der Waals surface area contributed by atoms with Crippen molar-refractivity contribution >= 4 is 5.97 Å². The molecule has 0 aromatic heterocycles. The van der Waals surface area contributed by atoms with Crippen molar-refractivity contribution in [3.8, 4) is 0 Å². The highest BCUT2D eigenvalue weighted by atomic mass is 16.5. The number of esters is 1. The Bertz CT molecular complexity index is 288. The summed E-state index contributed by atoms with van der Waals surface area (Å²) in [6.07, 6.45) is 18.5. The fraction of sp³-hybridized carbons (Fsp3) is 0.957. The van der Waals surface area contributed by atoms with E-state index in [1.54, 1.807) is 0 Å². The Hall–Kier alpha value is -0.530. The Morgan fingerprint density at radius 1 is 0.720 bits per heavy atom. The van der Waals surface area contributed by atoms with Gasteiger partial charge in [-0.1, -0.05) is 90.9 Å². The van der Waals surface area contributed by atoms with E-state index in [0.29, 0.717) is 12.5 Å². The zero-order valence-corrected chi connectivity index (χ0v) is 18.0. The van der Waals surface area contributed by atoms with E-state index in [9.17, 15) is 4.79 Å². The summed E-state index contributed by atoms with van der Waals surface area (Å²) in [6, 6.07) is 0. The second-order valence-electron chi connectivity index (χ2n) is 8.83. The van der Waals surface area contributed by atoms with Gasteiger partial charge in [-0.2, -0.15) is 0 Å². The highest BCUT2D eigenvalue weighted by molar-refractivity contribution is 5.75. The van der Waals surface area contributed by atoms with Gasteiger partial charge in [-0.15, -0.1) is 0 Å². The van der Waals surface area contributed by atoms with Crippen molar-refractivity contribution in [3.05, 3.63) is 0 Å². The predicted octanol–water partition coefficient (Wildman–Crippen LogP) is 7.69. The molecule has 2 nitrogen and oxygen atoms in total. The number of hydrogen-bond donors (Lipinski definition) is 0. The van der Waals surface area contributed by atoms with Gasteiger partial charge in [0.1, 0.15) is 0 Å². The Balaban J connectivity index is 4.06. The fourth-order valence-corrected chi connectivity index (χ4v) is 3.15. The van der Waals surface area contributed by atoms with Gasteiger partial charge in [-0.05, 0) is 39.5 Å². The standard InChI is InChI=1S/C23H46O2/c1-6-8-10-12-14-16-18-21(19-17-15-13-11-9-7-2)20-25-22(24)23(3,4)5/h21H,6-20H2,1-5H3. The number of rotatable bonds is 16. The molecule has 0 amide bonds. The minimum absolute atomic E-state index is 0.0524. The average Bonchev–Trinajstić information content (AvgIpc) is 2.56. The molecule has 0 heterocycles. The number of hydrogen-bond acceptors (Lipinski definition) is 2.